The molecule has 0 aliphatic heterocycles. The van der Waals surface area contributed by atoms with Gasteiger partial charge in [0.05, 0.1) is 26.9 Å². The summed E-state index contributed by atoms with van der Waals surface area (Å²) in [5.41, 5.74) is -1.92. The minimum absolute atomic E-state index is 0.0857. The van der Waals surface area contributed by atoms with E-state index >= 15 is 0 Å². The third-order valence-corrected chi connectivity index (χ3v) is 2.82. The molecule has 0 heterocycles. The second-order valence-corrected chi connectivity index (χ2v) is 4.64. The lowest BCUT2D eigenvalue weighted by atomic mass is 10.0. The second-order valence-electron chi connectivity index (χ2n) is 4.64. The van der Waals surface area contributed by atoms with Crippen LogP contribution in [0.5, 0.6) is 0 Å². The van der Waals surface area contributed by atoms with Gasteiger partial charge >= 0.3 is 0 Å². The Morgan fingerprint density at radius 2 is 1.43 bits per heavy atom. The Morgan fingerprint density at radius 1 is 0.952 bits per heavy atom. The average molecular weight is 298 g/mol. The first-order valence-corrected chi connectivity index (χ1v) is 5.99. The number of hydrogen-bond acceptors (Lipinski definition) is 7. The highest BCUT2D eigenvalue weighted by atomic mass is 16.6. The second kappa shape index (κ2) is 6.70. The molecule has 10 heteroatoms. The third-order valence-electron chi connectivity index (χ3n) is 2.82. The van der Waals surface area contributed by atoms with Crippen molar-refractivity contribution >= 4 is 17.1 Å². The summed E-state index contributed by atoms with van der Waals surface area (Å²) < 4.78 is 0. The van der Waals surface area contributed by atoms with Gasteiger partial charge in [-0.3, -0.25) is 30.3 Å². The quantitative estimate of drug-likeness (QED) is 0.554. The van der Waals surface area contributed by atoms with Gasteiger partial charge in [-0.05, 0) is 33.5 Å². The van der Waals surface area contributed by atoms with Gasteiger partial charge in [0.2, 0.25) is 0 Å². The molecule has 0 spiro atoms. The Hall–Kier alpha value is -2.62. The Labute approximate surface area is 119 Å². The Balaban J connectivity index is 3.32. The first kappa shape index (κ1) is 16.4. The Bertz CT molecular complexity index is 551. The van der Waals surface area contributed by atoms with E-state index in [1.54, 1.807) is 14.1 Å². The fourth-order valence-corrected chi connectivity index (χ4v) is 1.89. The number of rotatable bonds is 7. The maximum atomic E-state index is 11.0. The number of nitrogens with zero attached hydrogens (tertiary/aromatic N) is 4. The van der Waals surface area contributed by atoms with Gasteiger partial charge < -0.3 is 4.90 Å². The summed E-state index contributed by atoms with van der Waals surface area (Å²) >= 11 is 0. The molecule has 0 aliphatic rings. The van der Waals surface area contributed by atoms with Crippen LogP contribution in [0.2, 0.25) is 0 Å². The molecular formula is C11H14N4O6. The van der Waals surface area contributed by atoms with E-state index in [0.29, 0.717) is 13.0 Å². The molecule has 0 radical (unpaired) electrons. The van der Waals surface area contributed by atoms with E-state index in [0.717, 1.165) is 12.1 Å². The lowest BCUT2D eigenvalue weighted by Crippen LogP contribution is -2.14. The van der Waals surface area contributed by atoms with Gasteiger partial charge in [-0.1, -0.05) is 0 Å². The molecule has 0 amide bonds. The molecule has 0 atom stereocenters. The molecule has 0 aromatic heterocycles. The van der Waals surface area contributed by atoms with Crippen molar-refractivity contribution in [3.8, 4) is 0 Å². The fourth-order valence-electron chi connectivity index (χ4n) is 1.89. The number of nitro groups is 3. The van der Waals surface area contributed by atoms with Crippen LogP contribution in [0, 0.1) is 30.3 Å². The summed E-state index contributed by atoms with van der Waals surface area (Å²) in [6.45, 7) is 0.589. The molecule has 21 heavy (non-hydrogen) atoms. The standard InChI is InChI=1S/C11H14N4O6/c1-12(2)5-3-4-9-10(14(18)19)6-8(13(16)17)7-11(9)15(20)21/h6-7H,3-5H2,1-2H3. The Kier molecular flexibility index (Phi) is 5.24. The summed E-state index contributed by atoms with van der Waals surface area (Å²) in [5.74, 6) is 0. The summed E-state index contributed by atoms with van der Waals surface area (Å²) in [4.78, 5) is 32.0. The van der Waals surface area contributed by atoms with E-state index < -0.39 is 31.8 Å². The lowest BCUT2D eigenvalue weighted by molar-refractivity contribution is -0.404. The van der Waals surface area contributed by atoms with Crippen LogP contribution in [0.15, 0.2) is 12.1 Å². The van der Waals surface area contributed by atoms with Crippen LogP contribution >= 0.6 is 0 Å². The van der Waals surface area contributed by atoms with Gasteiger partial charge in [0, 0.05) is 0 Å². The smallest absolute Gasteiger partial charge is 0.286 e. The molecule has 0 saturated carbocycles. The van der Waals surface area contributed by atoms with E-state index in [4.69, 9.17) is 0 Å². The first-order chi connectivity index (χ1) is 9.73. The van der Waals surface area contributed by atoms with Crippen molar-refractivity contribution < 1.29 is 14.8 Å². The van der Waals surface area contributed by atoms with E-state index in [9.17, 15) is 30.3 Å². The zero-order valence-corrected chi connectivity index (χ0v) is 11.5. The van der Waals surface area contributed by atoms with Crippen LogP contribution in [-0.4, -0.2) is 40.3 Å². The molecule has 0 N–H and O–H groups in total. The topological polar surface area (TPSA) is 133 Å². The van der Waals surface area contributed by atoms with Crippen LogP contribution in [0.25, 0.3) is 0 Å². The van der Waals surface area contributed by atoms with Crippen LogP contribution in [-0.2, 0) is 6.42 Å². The van der Waals surface area contributed by atoms with Gasteiger partial charge in [-0.15, -0.1) is 0 Å². The number of nitro benzene ring substituents is 3. The molecule has 0 aliphatic carbocycles. The minimum atomic E-state index is -0.885. The van der Waals surface area contributed by atoms with Gasteiger partial charge in [0.15, 0.2) is 0 Å². The highest BCUT2D eigenvalue weighted by molar-refractivity contribution is 5.60. The zero-order chi connectivity index (χ0) is 16.2. The first-order valence-electron chi connectivity index (χ1n) is 5.99. The van der Waals surface area contributed by atoms with Crippen molar-refractivity contribution in [2.75, 3.05) is 20.6 Å². The highest BCUT2D eigenvalue weighted by Gasteiger charge is 2.29. The predicted molar refractivity (Wildman–Crippen MR) is 73.3 cm³/mol. The van der Waals surface area contributed by atoms with Crippen LogP contribution in [0.1, 0.15) is 12.0 Å². The summed E-state index contributed by atoms with van der Waals surface area (Å²) in [6, 6.07) is 1.52. The molecule has 1 aromatic carbocycles. The lowest BCUT2D eigenvalue weighted by Gasteiger charge is -2.09. The van der Waals surface area contributed by atoms with Gasteiger partial charge in [-0.2, -0.15) is 0 Å². The molecule has 0 unspecified atom stereocenters. The van der Waals surface area contributed by atoms with Crippen molar-refractivity contribution in [3.05, 3.63) is 48.0 Å². The van der Waals surface area contributed by atoms with Crippen LogP contribution in [0.4, 0.5) is 17.1 Å². The average Bonchev–Trinajstić information content (AvgIpc) is 2.37. The van der Waals surface area contributed by atoms with E-state index in [2.05, 4.69) is 0 Å². The van der Waals surface area contributed by atoms with Crippen molar-refractivity contribution in [2.45, 2.75) is 12.8 Å². The molecule has 1 aromatic rings. The van der Waals surface area contributed by atoms with Gasteiger partial charge in [0.25, 0.3) is 17.1 Å². The normalized spacial score (nSPS) is 10.6. The largest absolute Gasteiger partial charge is 0.309 e. The number of benzene rings is 1. The van der Waals surface area contributed by atoms with Crippen LogP contribution < -0.4 is 0 Å². The number of hydrogen-bond donors (Lipinski definition) is 0. The summed E-state index contributed by atoms with van der Waals surface area (Å²) in [5, 5.41) is 32.8. The summed E-state index contributed by atoms with van der Waals surface area (Å²) in [7, 11) is 3.61. The summed E-state index contributed by atoms with van der Waals surface area (Å²) in [6.07, 6.45) is 0.565. The maximum absolute atomic E-state index is 11.0. The van der Waals surface area contributed by atoms with Gasteiger partial charge in [-0.25, -0.2) is 0 Å². The monoisotopic (exact) mass is 298 g/mol. The molecular weight excluding hydrogens is 284 g/mol. The molecule has 0 saturated heterocycles. The Morgan fingerprint density at radius 3 is 1.76 bits per heavy atom. The molecule has 1 rings (SSSR count). The van der Waals surface area contributed by atoms with Crippen molar-refractivity contribution in [2.24, 2.45) is 0 Å². The fraction of sp³-hybridized carbons (Fsp3) is 0.455. The van der Waals surface area contributed by atoms with Crippen LogP contribution in [0.3, 0.4) is 0 Å². The highest BCUT2D eigenvalue weighted by Crippen LogP contribution is 2.34. The van der Waals surface area contributed by atoms with E-state index in [1.807, 2.05) is 4.90 Å². The van der Waals surface area contributed by atoms with E-state index in [1.165, 1.54) is 0 Å². The van der Waals surface area contributed by atoms with Crippen molar-refractivity contribution in [1.29, 1.82) is 0 Å². The SMILES string of the molecule is CN(C)CCCc1c([N+](=O)[O-])cc([N+](=O)[O-])cc1[N+](=O)[O-]. The predicted octanol–water partition coefficient (Wildman–Crippen LogP) is 1.91. The van der Waals surface area contributed by atoms with Crippen molar-refractivity contribution in [3.63, 3.8) is 0 Å². The van der Waals surface area contributed by atoms with E-state index in [-0.39, 0.29) is 12.0 Å². The van der Waals surface area contributed by atoms with Crippen molar-refractivity contribution in [1.82, 2.24) is 4.90 Å². The molecule has 0 bridgehead atoms. The molecule has 0 fully saturated rings. The van der Waals surface area contributed by atoms with Gasteiger partial charge in [0.1, 0.15) is 5.56 Å². The maximum Gasteiger partial charge on any atom is 0.286 e. The third kappa shape index (κ3) is 4.18. The molecule has 10 nitrogen and oxygen atoms in total. The molecule has 114 valence electrons. The zero-order valence-electron chi connectivity index (χ0n) is 11.5. The number of non-ortho nitro benzene ring substituents is 1. The minimum Gasteiger partial charge on any atom is -0.309 e.